The predicted octanol–water partition coefficient (Wildman–Crippen LogP) is 3.39. The Labute approximate surface area is 162 Å². The molecule has 1 unspecified atom stereocenters. The summed E-state index contributed by atoms with van der Waals surface area (Å²) in [5, 5.41) is 7.59. The van der Waals surface area contributed by atoms with Crippen molar-refractivity contribution in [2.45, 2.75) is 83.5 Å². The van der Waals surface area contributed by atoms with Gasteiger partial charge in [-0.05, 0) is 58.4 Å². The van der Waals surface area contributed by atoms with E-state index in [2.05, 4.69) is 24.3 Å². The number of nitrogens with zero attached hydrogens (tertiary/aromatic N) is 1. The van der Waals surface area contributed by atoms with E-state index in [-0.39, 0.29) is 23.9 Å². The van der Waals surface area contributed by atoms with Gasteiger partial charge in [0.05, 0.1) is 24.3 Å². The van der Waals surface area contributed by atoms with E-state index in [1.165, 1.54) is 12.8 Å². The SMILES string of the molecule is CC(C)(NCC1CC1)C(=O)Cc1cc(C(C)(C)COC2CCCCO2)no1. The molecule has 2 fully saturated rings. The molecule has 3 rings (SSSR count). The van der Waals surface area contributed by atoms with Crippen LogP contribution in [0.2, 0.25) is 0 Å². The van der Waals surface area contributed by atoms with Crippen molar-refractivity contribution < 1.29 is 18.8 Å². The molecule has 1 saturated heterocycles. The van der Waals surface area contributed by atoms with Gasteiger partial charge in [0.25, 0.3) is 0 Å². The Morgan fingerprint density at radius 3 is 2.70 bits per heavy atom. The highest BCUT2D eigenvalue weighted by molar-refractivity contribution is 5.89. The molecule has 1 aliphatic carbocycles. The maximum atomic E-state index is 12.7. The van der Waals surface area contributed by atoms with Crippen LogP contribution in [0, 0.1) is 5.92 Å². The van der Waals surface area contributed by atoms with E-state index in [4.69, 9.17) is 14.0 Å². The maximum Gasteiger partial charge on any atom is 0.159 e. The molecule has 152 valence electrons. The first kappa shape index (κ1) is 20.5. The van der Waals surface area contributed by atoms with Crippen molar-refractivity contribution in [2.24, 2.45) is 5.92 Å². The molecule has 1 N–H and O–H groups in total. The third kappa shape index (κ3) is 5.87. The molecule has 6 heteroatoms. The third-order valence-corrected chi connectivity index (χ3v) is 5.58. The van der Waals surface area contributed by atoms with Crippen LogP contribution in [0.15, 0.2) is 10.6 Å². The minimum Gasteiger partial charge on any atom is -0.361 e. The summed E-state index contributed by atoms with van der Waals surface area (Å²) in [7, 11) is 0. The predicted molar refractivity (Wildman–Crippen MR) is 103 cm³/mol. The summed E-state index contributed by atoms with van der Waals surface area (Å²) in [6, 6.07) is 1.89. The standard InChI is InChI=1S/C21H34N2O4/c1-20(2,14-26-19-7-5-6-10-25-19)17-11-16(27-23-17)12-18(24)21(3,4)22-13-15-8-9-15/h11,15,19,22H,5-10,12-14H2,1-4H3. The zero-order valence-corrected chi connectivity index (χ0v) is 17.2. The molecule has 2 aliphatic rings. The summed E-state index contributed by atoms with van der Waals surface area (Å²) >= 11 is 0. The lowest BCUT2D eigenvalue weighted by Gasteiger charge is -2.28. The summed E-state index contributed by atoms with van der Waals surface area (Å²) in [6.45, 7) is 10.2. The van der Waals surface area contributed by atoms with E-state index in [0.717, 1.165) is 44.0 Å². The van der Waals surface area contributed by atoms with Crippen LogP contribution in [-0.2, 0) is 26.1 Å². The van der Waals surface area contributed by atoms with E-state index in [9.17, 15) is 4.79 Å². The first-order chi connectivity index (χ1) is 12.8. The molecule has 2 heterocycles. The number of rotatable bonds is 10. The second kappa shape index (κ2) is 8.41. The number of hydrogen-bond donors (Lipinski definition) is 1. The van der Waals surface area contributed by atoms with Gasteiger partial charge >= 0.3 is 0 Å². The van der Waals surface area contributed by atoms with Gasteiger partial charge in [-0.15, -0.1) is 0 Å². The molecule has 1 aromatic heterocycles. The lowest BCUT2D eigenvalue weighted by atomic mass is 9.89. The van der Waals surface area contributed by atoms with Crippen molar-refractivity contribution >= 4 is 5.78 Å². The summed E-state index contributed by atoms with van der Waals surface area (Å²) in [5.74, 6) is 1.47. The van der Waals surface area contributed by atoms with E-state index in [0.29, 0.717) is 12.4 Å². The Morgan fingerprint density at radius 1 is 1.26 bits per heavy atom. The van der Waals surface area contributed by atoms with Crippen molar-refractivity contribution in [1.29, 1.82) is 0 Å². The van der Waals surface area contributed by atoms with Crippen LogP contribution in [0.25, 0.3) is 0 Å². The summed E-state index contributed by atoms with van der Waals surface area (Å²) in [5.41, 5.74) is -0.0393. The van der Waals surface area contributed by atoms with Crippen molar-refractivity contribution in [3.8, 4) is 0 Å². The van der Waals surface area contributed by atoms with Crippen LogP contribution < -0.4 is 5.32 Å². The highest BCUT2D eigenvalue weighted by Crippen LogP contribution is 2.29. The number of ether oxygens (including phenoxy) is 2. The first-order valence-electron chi connectivity index (χ1n) is 10.2. The van der Waals surface area contributed by atoms with Crippen molar-refractivity contribution in [3.05, 3.63) is 17.5 Å². The molecule has 0 spiro atoms. The number of Topliss-reactive ketones (excluding diaryl/α,β-unsaturated/α-hetero) is 1. The molecule has 0 bridgehead atoms. The van der Waals surface area contributed by atoms with E-state index in [1.807, 2.05) is 19.9 Å². The van der Waals surface area contributed by atoms with Crippen molar-refractivity contribution in [1.82, 2.24) is 10.5 Å². The van der Waals surface area contributed by atoms with Gasteiger partial charge in [0.15, 0.2) is 12.1 Å². The fourth-order valence-electron chi connectivity index (χ4n) is 3.13. The van der Waals surface area contributed by atoms with Crippen LogP contribution in [0.1, 0.15) is 71.3 Å². The number of nitrogens with one attached hydrogen (secondary N) is 1. The van der Waals surface area contributed by atoms with Gasteiger partial charge in [-0.1, -0.05) is 19.0 Å². The normalized spacial score (nSPS) is 21.4. The largest absolute Gasteiger partial charge is 0.361 e. The van der Waals surface area contributed by atoms with E-state index in [1.54, 1.807) is 0 Å². The molecule has 1 atom stereocenters. The maximum absolute atomic E-state index is 12.7. The average molecular weight is 379 g/mol. The molecule has 0 aromatic carbocycles. The summed E-state index contributed by atoms with van der Waals surface area (Å²) < 4.78 is 17.0. The minimum absolute atomic E-state index is 0.121. The average Bonchev–Trinajstić information content (AvgIpc) is 3.36. The Bertz CT molecular complexity index is 628. The van der Waals surface area contributed by atoms with E-state index >= 15 is 0 Å². The van der Waals surface area contributed by atoms with Crippen LogP contribution in [0.3, 0.4) is 0 Å². The van der Waals surface area contributed by atoms with Crippen LogP contribution in [-0.4, -0.2) is 42.5 Å². The van der Waals surface area contributed by atoms with Gasteiger partial charge in [-0.2, -0.15) is 0 Å². The molecule has 27 heavy (non-hydrogen) atoms. The minimum atomic E-state index is -0.549. The molecular formula is C21H34N2O4. The van der Waals surface area contributed by atoms with Crippen molar-refractivity contribution in [2.75, 3.05) is 19.8 Å². The van der Waals surface area contributed by atoms with Gasteiger partial charge in [-0.3, -0.25) is 4.79 Å². The quantitative estimate of drug-likeness (QED) is 0.673. The van der Waals surface area contributed by atoms with Gasteiger partial charge in [0.1, 0.15) is 5.76 Å². The lowest BCUT2D eigenvalue weighted by Crippen LogP contribution is -2.48. The molecule has 1 saturated carbocycles. The van der Waals surface area contributed by atoms with Gasteiger partial charge in [-0.25, -0.2) is 0 Å². The number of carbonyl (C=O) groups is 1. The molecule has 0 radical (unpaired) electrons. The van der Waals surface area contributed by atoms with Crippen LogP contribution in [0.4, 0.5) is 0 Å². The highest BCUT2D eigenvalue weighted by Gasteiger charge is 2.32. The molecule has 0 amide bonds. The second-order valence-electron chi connectivity index (χ2n) is 9.22. The van der Waals surface area contributed by atoms with E-state index < -0.39 is 5.54 Å². The Morgan fingerprint density at radius 2 is 2.04 bits per heavy atom. The molecule has 6 nitrogen and oxygen atoms in total. The first-order valence-corrected chi connectivity index (χ1v) is 10.2. The number of carbonyl (C=O) groups excluding carboxylic acids is 1. The zero-order chi connectivity index (χ0) is 19.5. The smallest absolute Gasteiger partial charge is 0.159 e. The zero-order valence-electron chi connectivity index (χ0n) is 17.2. The molecular weight excluding hydrogens is 344 g/mol. The topological polar surface area (TPSA) is 73.6 Å². The Balaban J connectivity index is 1.52. The monoisotopic (exact) mass is 378 g/mol. The summed E-state index contributed by atoms with van der Waals surface area (Å²) in [4.78, 5) is 12.7. The lowest BCUT2D eigenvalue weighted by molar-refractivity contribution is -0.170. The number of aromatic nitrogens is 1. The Hall–Kier alpha value is -1.24. The van der Waals surface area contributed by atoms with Crippen LogP contribution in [0.5, 0.6) is 0 Å². The van der Waals surface area contributed by atoms with Gasteiger partial charge in [0, 0.05) is 18.1 Å². The number of hydrogen-bond acceptors (Lipinski definition) is 6. The van der Waals surface area contributed by atoms with Crippen LogP contribution >= 0.6 is 0 Å². The fourth-order valence-corrected chi connectivity index (χ4v) is 3.13. The van der Waals surface area contributed by atoms with Gasteiger partial charge < -0.3 is 19.3 Å². The molecule has 1 aliphatic heterocycles. The fraction of sp³-hybridized carbons (Fsp3) is 0.810. The highest BCUT2D eigenvalue weighted by atomic mass is 16.7. The van der Waals surface area contributed by atoms with Crippen molar-refractivity contribution in [3.63, 3.8) is 0 Å². The second-order valence-corrected chi connectivity index (χ2v) is 9.22. The van der Waals surface area contributed by atoms with Gasteiger partial charge in [0.2, 0.25) is 0 Å². The Kier molecular flexibility index (Phi) is 6.39. The number of ketones is 1. The molecule has 1 aromatic rings. The summed E-state index contributed by atoms with van der Waals surface area (Å²) in [6.07, 6.45) is 5.86. The third-order valence-electron chi connectivity index (χ3n) is 5.58.